The van der Waals surface area contributed by atoms with Crippen LogP contribution in [0.2, 0.25) is 0 Å². The third-order valence-corrected chi connectivity index (χ3v) is 6.01. The summed E-state index contributed by atoms with van der Waals surface area (Å²) in [6, 6.07) is 10.7. The number of benzene rings is 1. The van der Waals surface area contributed by atoms with Gasteiger partial charge in [-0.1, -0.05) is 6.07 Å². The number of ether oxygens (including phenoxy) is 2. The summed E-state index contributed by atoms with van der Waals surface area (Å²) in [7, 11) is 0. The maximum absolute atomic E-state index is 13.1. The van der Waals surface area contributed by atoms with Gasteiger partial charge in [-0.25, -0.2) is 4.98 Å². The zero-order valence-electron chi connectivity index (χ0n) is 17.6. The molecule has 0 bridgehead atoms. The van der Waals surface area contributed by atoms with E-state index in [1.165, 1.54) is 0 Å². The number of carbonyl (C=O) groups excluding carboxylic acids is 1. The second-order valence-corrected chi connectivity index (χ2v) is 8.07. The molecule has 2 aliphatic heterocycles. The molecule has 4 heterocycles. The molecule has 0 radical (unpaired) electrons. The standard InChI is InChI=1S/C24H24N4O4/c29-22-14-20(18-4-8-25-9-5-18)26-16-28(22)15-17-6-10-27(11-7-17)24(30)19-2-1-3-21-23(19)32-13-12-31-21/h1-5,8-9,14,16-17H,6-7,10-13,15H2. The van der Waals surface area contributed by atoms with Crippen molar-refractivity contribution in [2.24, 2.45) is 5.92 Å². The molecule has 32 heavy (non-hydrogen) atoms. The van der Waals surface area contributed by atoms with Crippen LogP contribution in [0.3, 0.4) is 0 Å². The van der Waals surface area contributed by atoms with Crippen LogP contribution in [-0.2, 0) is 6.54 Å². The van der Waals surface area contributed by atoms with Gasteiger partial charge >= 0.3 is 0 Å². The highest BCUT2D eigenvalue weighted by molar-refractivity contribution is 5.98. The molecular formula is C24H24N4O4. The van der Waals surface area contributed by atoms with Crippen molar-refractivity contribution in [3.8, 4) is 22.8 Å². The molecule has 0 unspecified atom stereocenters. The molecule has 8 nitrogen and oxygen atoms in total. The monoisotopic (exact) mass is 432 g/mol. The first-order valence-corrected chi connectivity index (χ1v) is 10.8. The number of hydrogen-bond donors (Lipinski definition) is 0. The smallest absolute Gasteiger partial charge is 0.257 e. The first-order chi connectivity index (χ1) is 15.7. The van der Waals surface area contributed by atoms with Crippen molar-refractivity contribution in [2.75, 3.05) is 26.3 Å². The third-order valence-electron chi connectivity index (χ3n) is 6.01. The van der Waals surface area contributed by atoms with E-state index in [2.05, 4.69) is 9.97 Å². The van der Waals surface area contributed by atoms with Crippen molar-refractivity contribution in [1.29, 1.82) is 0 Å². The van der Waals surface area contributed by atoms with Gasteiger partial charge in [0, 0.05) is 43.7 Å². The molecule has 3 aromatic rings. The average Bonchev–Trinajstić information content (AvgIpc) is 2.85. The maximum atomic E-state index is 13.1. The quantitative estimate of drug-likeness (QED) is 0.630. The zero-order valence-corrected chi connectivity index (χ0v) is 17.6. The normalized spacial score (nSPS) is 16.1. The van der Waals surface area contributed by atoms with Gasteiger partial charge in [-0.05, 0) is 43.0 Å². The Kier molecular flexibility index (Phi) is 5.58. The zero-order chi connectivity index (χ0) is 21.9. The summed E-state index contributed by atoms with van der Waals surface area (Å²) in [5.41, 5.74) is 1.99. The topological polar surface area (TPSA) is 86.6 Å². The van der Waals surface area contributed by atoms with Crippen LogP contribution in [0.4, 0.5) is 0 Å². The largest absolute Gasteiger partial charge is 0.486 e. The van der Waals surface area contributed by atoms with E-state index < -0.39 is 0 Å². The van der Waals surface area contributed by atoms with Gasteiger partial charge in [-0.2, -0.15) is 0 Å². The van der Waals surface area contributed by atoms with E-state index in [1.54, 1.807) is 35.4 Å². The Balaban J connectivity index is 1.22. The first-order valence-electron chi connectivity index (χ1n) is 10.8. The lowest BCUT2D eigenvalue weighted by molar-refractivity contribution is 0.0672. The predicted molar refractivity (Wildman–Crippen MR) is 118 cm³/mol. The second-order valence-electron chi connectivity index (χ2n) is 8.07. The Morgan fingerprint density at radius 2 is 1.84 bits per heavy atom. The van der Waals surface area contributed by atoms with Crippen molar-refractivity contribution in [2.45, 2.75) is 19.4 Å². The summed E-state index contributed by atoms with van der Waals surface area (Å²) in [6.07, 6.45) is 6.64. The minimum atomic E-state index is -0.0709. The van der Waals surface area contributed by atoms with Crippen molar-refractivity contribution in [1.82, 2.24) is 19.4 Å². The molecule has 0 saturated carbocycles. The number of hydrogen-bond acceptors (Lipinski definition) is 6. The van der Waals surface area contributed by atoms with E-state index >= 15 is 0 Å². The highest BCUT2D eigenvalue weighted by atomic mass is 16.6. The maximum Gasteiger partial charge on any atom is 0.257 e. The molecule has 8 heteroatoms. The molecule has 0 aliphatic carbocycles. The highest BCUT2D eigenvalue weighted by Gasteiger charge is 2.28. The Hall–Kier alpha value is -3.68. The summed E-state index contributed by atoms with van der Waals surface area (Å²) in [5.74, 6) is 1.44. The molecule has 0 spiro atoms. The fraction of sp³-hybridized carbons (Fsp3) is 0.333. The van der Waals surface area contributed by atoms with Gasteiger partial charge in [0.25, 0.3) is 11.5 Å². The van der Waals surface area contributed by atoms with E-state index in [0.29, 0.717) is 61.5 Å². The molecule has 1 aromatic carbocycles. The van der Waals surface area contributed by atoms with Gasteiger partial charge in [-0.3, -0.25) is 19.1 Å². The minimum Gasteiger partial charge on any atom is -0.486 e. The number of fused-ring (bicyclic) bond motifs is 1. The summed E-state index contributed by atoms with van der Waals surface area (Å²) >= 11 is 0. The van der Waals surface area contributed by atoms with E-state index in [9.17, 15) is 9.59 Å². The molecule has 5 rings (SSSR count). The molecule has 1 fully saturated rings. The Morgan fingerprint density at radius 1 is 1.06 bits per heavy atom. The van der Waals surface area contributed by atoms with Crippen LogP contribution in [0.5, 0.6) is 11.5 Å². The molecule has 164 valence electrons. The molecule has 0 atom stereocenters. The van der Waals surface area contributed by atoms with Crippen LogP contribution >= 0.6 is 0 Å². The van der Waals surface area contributed by atoms with Crippen LogP contribution in [-0.4, -0.2) is 51.6 Å². The van der Waals surface area contributed by atoms with Gasteiger partial charge in [0.15, 0.2) is 11.5 Å². The SMILES string of the molecule is O=C(c1cccc2c1OCCO2)N1CCC(Cn2cnc(-c3ccncc3)cc2=O)CC1. The first kappa shape index (κ1) is 20.2. The highest BCUT2D eigenvalue weighted by Crippen LogP contribution is 2.35. The number of carbonyl (C=O) groups is 1. The van der Waals surface area contributed by atoms with Crippen LogP contribution in [0.1, 0.15) is 23.2 Å². The van der Waals surface area contributed by atoms with Crippen molar-refractivity contribution >= 4 is 5.91 Å². The number of pyridine rings is 1. The number of nitrogens with zero attached hydrogens (tertiary/aromatic N) is 4. The Labute approximate surface area is 185 Å². The summed E-state index contributed by atoms with van der Waals surface area (Å²) in [6.45, 7) is 2.83. The predicted octanol–water partition coefficient (Wildman–Crippen LogP) is 2.63. The average molecular weight is 432 g/mol. The van der Waals surface area contributed by atoms with Crippen molar-refractivity contribution in [3.63, 3.8) is 0 Å². The van der Waals surface area contributed by atoms with Crippen LogP contribution < -0.4 is 15.0 Å². The minimum absolute atomic E-state index is 0.0358. The second kappa shape index (κ2) is 8.82. The lowest BCUT2D eigenvalue weighted by Gasteiger charge is -2.33. The van der Waals surface area contributed by atoms with E-state index in [-0.39, 0.29) is 11.5 Å². The molecule has 1 amide bonds. The summed E-state index contributed by atoms with van der Waals surface area (Å²) < 4.78 is 13.0. The molecule has 2 aromatic heterocycles. The molecule has 1 saturated heterocycles. The van der Waals surface area contributed by atoms with E-state index in [1.807, 2.05) is 29.2 Å². The fourth-order valence-electron chi connectivity index (χ4n) is 4.25. The summed E-state index contributed by atoms with van der Waals surface area (Å²) in [5, 5.41) is 0. The third kappa shape index (κ3) is 4.08. The number of amides is 1. The number of rotatable bonds is 4. The van der Waals surface area contributed by atoms with Gasteiger partial charge in [-0.15, -0.1) is 0 Å². The number of piperidine rings is 1. The van der Waals surface area contributed by atoms with Gasteiger partial charge in [0.2, 0.25) is 0 Å². The van der Waals surface area contributed by atoms with Crippen LogP contribution in [0.15, 0.2) is 59.9 Å². The lowest BCUT2D eigenvalue weighted by Crippen LogP contribution is -2.40. The van der Waals surface area contributed by atoms with Crippen LogP contribution in [0, 0.1) is 5.92 Å². The van der Waals surface area contributed by atoms with Gasteiger partial charge in [0.1, 0.15) is 13.2 Å². The number of aromatic nitrogens is 3. The van der Waals surface area contributed by atoms with Crippen LogP contribution in [0.25, 0.3) is 11.3 Å². The number of likely N-dealkylation sites (tertiary alicyclic amines) is 1. The lowest BCUT2D eigenvalue weighted by atomic mass is 9.96. The van der Waals surface area contributed by atoms with Crippen molar-refractivity contribution in [3.05, 3.63) is 71.0 Å². The van der Waals surface area contributed by atoms with Gasteiger partial charge < -0.3 is 14.4 Å². The molecular weight excluding hydrogens is 408 g/mol. The Morgan fingerprint density at radius 3 is 2.62 bits per heavy atom. The van der Waals surface area contributed by atoms with Gasteiger partial charge in [0.05, 0.1) is 17.6 Å². The van der Waals surface area contributed by atoms with Crippen molar-refractivity contribution < 1.29 is 14.3 Å². The summed E-state index contributed by atoms with van der Waals surface area (Å²) in [4.78, 5) is 36.0. The number of para-hydroxylation sites is 1. The Bertz CT molecular complexity index is 1170. The van der Waals surface area contributed by atoms with E-state index in [0.717, 1.165) is 18.4 Å². The molecule has 0 N–H and O–H groups in total. The van der Waals surface area contributed by atoms with E-state index in [4.69, 9.17) is 9.47 Å². The molecule has 2 aliphatic rings. The fourth-order valence-corrected chi connectivity index (χ4v) is 4.25.